The standard InChI is InChI=1S/C16H25N5O/c1-10(2)12-8-21(14-11(3)18-6-7-19-14)9-13(12)20-15(22)16(17)4-5-16/h6-7,10,12-13H,4-5,8-9,17H2,1-3H3,(H,20,22)/t12-,13+/m1/s1. The van der Waals surface area contributed by atoms with Gasteiger partial charge < -0.3 is 16.0 Å². The van der Waals surface area contributed by atoms with E-state index in [4.69, 9.17) is 5.73 Å². The third-order valence-corrected chi connectivity index (χ3v) is 4.93. The molecule has 1 aliphatic heterocycles. The summed E-state index contributed by atoms with van der Waals surface area (Å²) in [5, 5.41) is 3.18. The van der Waals surface area contributed by atoms with E-state index in [1.807, 2.05) is 6.92 Å². The quantitative estimate of drug-likeness (QED) is 0.861. The summed E-state index contributed by atoms with van der Waals surface area (Å²) in [6, 6.07) is 0.120. The average Bonchev–Trinajstić information content (AvgIpc) is 3.09. The van der Waals surface area contributed by atoms with Crippen molar-refractivity contribution in [3.63, 3.8) is 0 Å². The summed E-state index contributed by atoms with van der Waals surface area (Å²) >= 11 is 0. The van der Waals surface area contributed by atoms with Crippen molar-refractivity contribution < 1.29 is 4.79 Å². The largest absolute Gasteiger partial charge is 0.353 e. The summed E-state index contributed by atoms with van der Waals surface area (Å²) in [5.74, 6) is 1.80. The fraction of sp³-hybridized carbons (Fsp3) is 0.688. The highest BCUT2D eigenvalue weighted by Crippen LogP contribution is 2.34. The first-order valence-electron chi connectivity index (χ1n) is 8.03. The molecule has 1 aliphatic carbocycles. The molecule has 1 aromatic rings. The Morgan fingerprint density at radius 3 is 2.64 bits per heavy atom. The monoisotopic (exact) mass is 303 g/mol. The Hall–Kier alpha value is -1.69. The summed E-state index contributed by atoms with van der Waals surface area (Å²) in [6.07, 6.45) is 5.02. The van der Waals surface area contributed by atoms with Crippen LogP contribution in [0.5, 0.6) is 0 Å². The van der Waals surface area contributed by atoms with Gasteiger partial charge in [-0.05, 0) is 25.7 Å². The Balaban J connectivity index is 1.75. The van der Waals surface area contributed by atoms with Crippen molar-refractivity contribution in [2.75, 3.05) is 18.0 Å². The fourth-order valence-electron chi connectivity index (χ4n) is 3.21. The van der Waals surface area contributed by atoms with E-state index >= 15 is 0 Å². The van der Waals surface area contributed by atoms with Crippen molar-refractivity contribution in [1.29, 1.82) is 0 Å². The number of hydrogen-bond acceptors (Lipinski definition) is 5. The molecule has 0 bridgehead atoms. The lowest BCUT2D eigenvalue weighted by molar-refractivity contribution is -0.124. The smallest absolute Gasteiger partial charge is 0.240 e. The van der Waals surface area contributed by atoms with Crippen LogP contribution in [0.2, 0.25) is 0 Å². The van der Waals surface area contributed by atoms with E-state index < -0.39 is 5.54 Å². The van der Waals surface area contributed by atoms with Crippen LogP contribution in [-0.4, -0.2) is 40.5 Å². The van der Waals surface area contributed by atoms with Gasteiger partial charge in [0.25, 0.3) is 0 Å². The first-order chi connectivity index (χ1) is 10.4. The molecule has 1 saturated heterocycles. The van der Waals surface area contributed by atoms with E-state index in [9.17, 15) is 4.79 Å². The van der Waals surface area contributed by atoms with Gasteiger partial charge in [0.1, 0.15) is 5.82 Å². The first-order valence-corrected chi connectivity index (χ1v) is 8.03. The molecule has 0 radical (unpaired) electrons. The number of aromatic nitrogens is 2. The summed E-state index contributed by atoms with van der Waals surface area (Å²) in [4.78, 5) is 23.3. The van der Waals surface area contributed by atoms with Gasteiger partial charge in [0.05, 0.1) is 17.3 Å². The van der Waals surface area contributed by atoms with Gasteiger partial charge in [0.15, 0.2) is 0 Å². The van der Waals surface area contributed by atoms with Crippen molar-refractivity contribution in [2.45, 2.75) is 45.2 Å². The Labute approximate surface area is 131 Å². The van der Waals surface area contributed by atoms with Gasteiger partial charge in [-0.25, -0.2) is 4.98 Å². The summed E-state index contributed by atoms with van der Waals surface area (Å²) < 4.78 is 0. The van der Waals surface area contributed by atoms with E-state index in [2.05, 4.69) is 34.0 Å². The number of hydrogen-bond donors (Lipinski definition) is 2. The van der Waals surface area contributed by atoms with Crippen LogP contribution in [0, 0.1) is 18.8 Å². The minimum absolute atomic E-state index is 0.000804. The van der Waals surface area contributed by atoms with Gasteiger partial charge in [-0.1, -0.05) is 13.8 Å². The molecule has 3 rings (SSSR count). The van der Waals surface area contributed by atoms with Crippen molar-refractivity contribution >= 4 is 11.7 Å². The van der Waals surface area contributed by atoms with Crippen molar-refractivity contribution in [1.82, 2.24) is 15.3 Å². The molecule has 1 saturated carbocycles. The van der Waals surface area contributed by atoms with E-state index in [1.165, 1.54) is 0 Å². The van der Waals surface area contributed by atoms with E-state index in [1.54, 1.807) is 12.4 Å². The lowest BCUT2D eigenvalue weighted by Gasteiger charge is -2.24. The van der Waals surface area contributed by atoms with Gasteiger partial charge in [-0.3, -0.25) is 9.78 Å². The number of carbonyl (C=O) groups is 1. The van der Waals surface area contributed by atoms with Gasteiger partial charge >= 0.3 is 0 Å². The Bertz CT molecular complexity index is 569. The Morgan fingerprint density at radius 1 is 1.36 bits per heavy atom. The highest BCUT2D eigenvalue weighted by Gasteiger charge is 2.48. The maximum absolute atomic E-state index is 12.3. The second-order valence-corrected chi connectivity index (χ2v) is 7.01. The van der Waals surface area contributed by atoms with E-state index in [0.29, 0.717) is 11.8 Å². The molecule has 1 aromatic heterocycles. The van der Waals surface area contributed by atoms with Crippen LogP contribution in [0.3, 0.4) is 0 Å². The molecule has 0 unspecified atom stereocenters. The summed E-state index contributed by atoms with van der Waals surface area (Å²) in [5.41, 5.74) is 6.32. The molecule has 2 atom stereocenters. The second-order valence-electron chi connectivity index (χ2n) is 7.01. The van der Waals surface area contributed by atoms with Crippen molar-refractivity contribution in [2.24, 2.45) is 17.6 Å². The molecule has 22 heavy (non-hydrogen) atoms. The number of amides is 1. The second kappa shape index (κ2) is 5.50. The Kier molecular flexibility index (Phi) is 3.80. The minimum Gasteiger partial charge on any atom is -0.353 e. The molecule has 1 amide bonds. The summed E-state index contributed by atoms with van der Waals surface area (Å²) in [6.45, 7) is 8.03. The molecular formula is C16H25N5O. The lowest BCUT2D eigenvalue weighted by atomic mass is 9.91. The highest BCUT2D eigenvalue weighted by molar-refractivity contribution is 5.89. The van der Waals surface area contributed by atoms with Crippen LogP contribution in [0.4, 0.5) is 5.82 Å². The maximum Gasteiger partial charge on any atom is 0.240 e. The molecule has 0 spiro atoms. The maximum atomic E-state index is 12.3. The number of aryl methyl sites for hydroxylation is 1. The average molecular weight is 303 g/mol. The molecule has 0 aromatic carbocycles. The predicted molar refractivity (Wildman–Crippen MR) is 85.4 cm³/mol. The zero-order valence-corrected chi connectivity index (χ0v) is 13.5. The number of anilines is 1. The SMILES string of the molecule is Cc1nccnc1N1C[C@H](NC(=O)C2(N)CC2)[C@@H](C(C)C)C1. The molecule has 2 fully saturated rings. The topological polar surface area (TPSA) is 84.1 Å². The normalized spacial score (nSPS) is 26.3. The molecule has 3 N–H and O–H groups in total. The summed E-state index contributed by atoms with van der Waals surface area (Å²) in [7, 11) is 0. The lowest BCUT2D eigenvalue weighted by Crippen LogP contribution is -2.50. The fourth-order valence-corrected chi connectivity index (χ4v) is 3.21. The van der Waals surface area contributed by atoms with Crippen molar-refractivity contribution in [3.8, 4) is 0 Å². The van der Waals surface area contributed by atoms with Crippen LogP contribution >= 0.6 is 0 Å². The highest BCUT2D eigenvalue weighted by atomic mass is 16.2. The molecule has 6 heteroatoms. The zero-order valence-electron chi connectivity index (χ0n) is 13.5. The number of carbonyl (C=O) groups excluding carboxylic acids is 1. The predicted octanol–water partition coefficient (Wildman–Crippen LogP) is 0.853. The molecule has 6 nitrogen and oxygen atoms in total. The third kappa shape index (κ3) is 2.79. The number of nitrogens with two attached hydrogens (primary N) is 1. The molecule has 2 aliphatic rings. The molecule has 2 heterocycles. The minimum atomic E-state index is -0.614. The van der Waals surface area contributed by atoms with Crippen LogP contribution < -0.4 is 16.0 Å². The van der Waals surface area contributed by atoms with Crippen LogP contribution in [0.1, 0.15) is 32.4 Å². The van der Waals surface area contributed by atoms with Crippen LogP contribution in [0.15, 0.2) is 12.4 Å². The Morgan fingerprint density at radius 2 is 2.05 bits per heavy atom. The van der Waals surface area contributed by atoms with Gasteiger partial charge in [0, 0.05) is 31.4 Å². The van der Waals surface area contributed by atoms with Crippen LogP contribution in [-0.2, 0) is 4.79 Å². The molecular weight excluding hydrogens is 278 g/mol. The van der Waals surface area contributed by atoms with Gasteiger partial charge in [0.2, 0.25) is 5.91 Å². The van der Waals surface area contributed by atoms with Gasteiger partial charge in [-0.15, -0.1) is 0 Å². The van der Waals surface area contributed by atoms with Crippen molar-refractivity contribution in [3.05, 3.63) is 18.1 Å². The molecule has 120 valence electrons. The first kappa shape index (κ1) is 15.2. The number of rotatable bonds is 4. The van der Waals surface area contributed by atoms with E-state index in [-0.39, 0.29) is 11.9 Å². The van der Waals surface area contributed by atoms with Crippen LogP contribution in [0.25, 0.3) is 0 Å². The number of nitrogens with zero attached hydrogens (tertiary/aromatic N) is 3. The number of nitrogens with one attached hydrogen (secondary N) is 1. The third-order valence-electron chi connectivity index (χ3n) is 4.93. The van der Waals surface area contributed by atoms with Gasteiger partial charge in [-0.2, -0.15) is 0 Å². The van der Waals surface area contributed by atoms with E-state index in [0.717, 1.165) is 37.4 Å². The zero-order chi connectivity index (χ0) is 15.9.